The molecule has 0 aromatic heterocycles. The van der Waals surface area contributed by atoms with Gasteiger partial charge >= 0.3 is 19.8 Å². The molecule has 0 rings (SSSR count). The summed E-state index contributed by atoms with van der Waals surface area (Å²) in [5, 5.41) is 8.86. The van der Waals surface area contributed by atoms with Crippen molar-refractivity contribution in [2.75, 3.05) is 26.4 Å². The lowest BCUT2D eigenvalue weighted by Gasteiger charge is -2.20. The fraction of sp³-hybridized carbons (Fsp3) is 0.789. The van der Waals surface area contributed by atoms with Crippen LogP contribution in [0.25, 0.3) is 0 Å². The molecule has 11 heteroatoms. The summed E-state index contributed by atoms with van der Waals surface area (Å²) in [6.07, 6.45) is 36.2. The van der Waals surface area contributed by atoms with E-state index < -0.39 is 45.1 Å². The highest BCUT2D eigenvalue weighted by Gasteiger charge is 2.27. The van der Waals surface area contributed by atoms with Crippen molar-refractivity contribution in [1.82, 2.24) is 0 Å². The lowest BCUT2D eigenvalue weighted by molar-refractivity contribution is -0.154. The number of hydrogen-bond donors (Lipinski definition) is 3. The highest BCUT2D eigenvalue weighted by molar-refractivity contribution is 7.47. The first-order chi connectivity index (χ1) is 23.7. The average molecular weight is 716 g/mol. The van der Waals surface area contributed by atoms with Gasteiger partial charge in [-0.1, -0.05) is 121 Å². The Kier molecular flexibility index (Phi) is 33.4. The van der Waals surface area contributed by atoms with Gasteiger partial charge in [-0.3, -0.25) is 18.6 Å². The molecular weight excluding hydrogens is 645 g/mol. The van der Waals surface area contributed by atoms with Crippen LogP contribution in [0, 0.1) is 0 Å². The SMILES string of the molecule is CCCC/C=C\C/C=C\CCCCCCCCOCC(COP(=O)(O)OCC(N)C(=O)O)OC(=O)CCCCCCC/C=C\CCCCC. The van der Waals surface area contributed by atoms with Gasteiger partial charge in [-0.25, -0.2) is 4.57 Å². The van der Waals surface area contributed by atoms with Gasteiger partial charge in [-0.05, 0) is 64.2 Å². The molecule has 0 heterocycles. The molecule has 0 saturated carbocycles. The number of phosphoric acid groups is 1. The minimum Gasteiger partial charge on any atom is -0.480 e. The van der Waals surface area contributed by atoms with Gasteiger partial charge in [0.15, 0.2) is 0 Å². The van der Waals surface area contributed by atoms with Crippen molar-refractivity contribution in [3.05, 3.63) is 36.5 Å². The van der Waals surface area contributed by atoms with Crippen LogP contribution in [0.5, 0.6) is 0 Å². The smallest absolute Gasteiger partial charge is 0.472 e. The molecule has 0 radical (unpaired) electrons. The number of esters is 1. The number of hydrogen-bond acceptors (Lipinski definition) is 8. The molecule has 0 aromatic carbocycles. The van der Waals surface area contributed by atoms with Crippen molar-refractivity contribution in [2.45, 2.75) is 167 Å². The van der Waals surface area contributed by atoms with Crippen LogP contribution in [0.2, 0.25) is 0 Å². The number of allylic oxidation sites excluding steroid dienone is 6. The summed E-state index contributed by atoms with van der Waals surface area (Å²) in [4.78, 5) is 33.4. The van der Waals surface area contributed by atoms with E-state index in [0.717, 1.165) is 70.6 Å². The maximum absolute atomic E-state index is 12.5. The largest absolute Gasteiger partial charge is 0.480 e. The Balaban J connectivity index is 4.34. The van der Waals surface area contributed by atoms with Crippen LogP contribution in [0.15, 0.2) is 36.5 Å². The quantitative estimate of drug-likeness (QED) is 0.0247. The van der Waals surface area contributed by atoms with Gasteiger partial charge < -0.3 is 25.2 Å². The third-order valence-corrected chi connectivity index (χ3v) is 8.84. The van der Waals surface area contributed by atoms with Gasteiger partial charge in [0.05, 0.1) is 19.8 Å². The molecular formula is C38H70NO9P. The van der Waals surface area contributed by atoms with Crippen LogP contribution >= 0.6 is 7.82 Å². The van der Waals surface area contributed by atoms with Crippen molar-refractivity contribution in [3.8, 4) is 0 Å². The number of carbonyl (C=O) groups is 2. The maximum atomic E-state index is 12.5. The van der Waals surface area contributed by atoms with Crippen LogP contribution in [0.4, 0.5) is 0 Å². The Labute approximate surface area is 297 Å². The van der Waals surface area contributed by atoms with Crippen molar-refractivity contribution in [2.24, 2.45) is 5.73 Å². The number of ether oxygens (including phenoxy) is 2. The zero-order valence-electron chi connectivity index (χ0n) is 30.8. The molecule has 0 aliphatic carbocycles. The summed E-state index contributed by atoms with van der Waals surface area (Å²) >= 11 is 0. The second-order valence-corrected chi connectivity index (χ2v) is 14.1. The first kappa shape index (κ1) is 47.2. The zero-order valence-corrected chi connectivity index (χ0v) is 31.7. The first-order valence-electron chi connectivity index (χ1n) is 19.0. The first-order valence-corrected chi connectivity index (χ1v) is 20.5. The lowest BCUT2D eigenvalue weighted by Crippen LogP contribution is -2.34. The third-order valence-electron chi connectivity index (χ3n) is 7.89. The van der Waals surface area contributed by atoms with E-state index in [-0.39, 0.29) is 13.0 Å². The van der Waals surface area contributed by atoms with Crippen molar-refractivity contribution in [3.63, 3.8) is 0 Å². The van der Waals surface area contributed by atoms with E-state index in [1.807, 2.05) is 0 Å². The van der Waals surface area contributed by atoms with Crippen LogP contribution in [0.1, 0.15) is 155 Å². The monoisotopic (exact) mass is 715 g/mol. The number of carbonyl (C=O) groups excluding carboxylic acids is 1. The third kappa shape index (κ3) is 34.4. The molecule has 0 amide bonds. The van der Waals surface area contributed by atoms with Gasteiger partial charge in [0.1, 0.15) is 12.1 Å². The zero-order chi connectivity index (χ0) is 36.3. The highest BCUT2D eigenvalue weighted by atomic mass is 31.2. The Bertz CT molecular complexity index is 925. The summed E-state index contributed by atoms with van der Waals surface area (Å²) in [7, 11) is -4.61. The number of carboxylic acid groups (broad SMARTS) is 1. The van der Waals surface area contributed by atoms with Crippen LogP contribution in [-0.2, 0) is 32.7 Å². The van der Waals surface area contributed by atoms with E-state index in [0.29, 0.717) is 13.0 Å². The van der Waals surface area contributed by atoms with E-state index in [1.165, 1.54) is 57.8 Å². The second-order valence-electron chi connectivity index (χ2n) is 12.7. The normalized spacial score (nSPS) is 14.5. The molecule has 10 nitrogen and oxygen atoms in total. The van der Waals surface area contributed by atoms with E-state index in [4.69, 9.17) is 24.8 Å². The topological polar surface area (TPSA) is 155 Å². The van der Waals surface area contributed by atoms with Crippen molar-refractivity contribution < 1.29 is 42.7 Å². The molecule has 286 valence electrons. The number of nitrogens with two attached hydrogens (primary N) is 1. The summed E-state index contributed by atoms with van der Waals surface area (Å²) in [5.74, 6) is -1.80. The summed E-state index contributed by atoms with van der Waals surface area (Å²) in [6.45, 7) is 3.76. The number of phosphoric ester groups is 1. The predicted molar refractivity (Wildman–Crippen MR) is 198 cm³/mol. The summed E-state index contributed by atoms with van der Waals surface area (Å²) in [6, 6.07) is -1.47. The maximum Gasteiger partial charge on any atom is 0.472 e. The highest BCUT2D eigenvalue weighted by Crippen LogP contribution is 2.43. The fourth-order valence-corrected chi connectivity index (χ4v) is 5.63. The Morgan fingerprint density at radius 3 is 1.73 bits per heavy atom. The predicted octanol–water partition coefficient (Wildman–Crippen LogP) is 9.75. The number of carboxylic acids is 1. The Hall–Kier alpha value is -1.81. The van der Waals surface area contributed by atoms with E-state index >= 15 is 0 Å². The van der Waals surface area contributed by atoms with Crippen molar-refractivity contribution in [1.29, 1.82) is 0 Å². The molecule has 0 aliphatic rings. The molecule has 0 spiro atoms. The molecule has 0 bridgehead atoms. The fourth-order valence-electron chi connectivity index (χ4n) is 4.85. The molecule has 3 unspecified atom stereocenters. The van der Waals surface area contributed by atoms with Gasteiger partial charge in [0.25, 0.3) is 0 Å². The van der Waals surface area contributed by atoms with Gasteiger partial charge in [0.2, 0.25) is 0 Å². The Morgan fingerprint density at radius 2 is 1.14 bits per heavy atom. The number of rotatable bonds is 36. The lowest BCUT2D eigenvalue weighted by atomic mass is 10.1. The molecule has 0 aliphatic heterocycles. The average Bonchev–Trinajstić information content (AvgIpc) is 3.07. The molecule has 0 saturated heterocycles. The van der Waals surface area contributed by atoms with E-state index in [1.54, 1.807) is 0 Å². The Morgan fingerprint density at radius 1 is 0.653 bits per heavy atom. The van der Waals surface area contributed by atoms with Gasteiger partial charge in [-0.2, -0.15) is 0 Å². The number of unbranched alkanes of at least 4 members (excludes halogenated alkanes) is 16. The summed E-state index contributed by atoms with van der Waals surface area (Å²) in [5.41, 5.74) is 5.33. The van der Waals surface area contributed by atoms with E-state index in [2.05, 4.69) is 54.8 Å². The van der Waals surface area contributed by atoms with Gasteiger partial charge in [0, 0.05) is 13.0 Å². The molecule has 0 fully saturated rings. The number of aliphatic carboxylic acids is 1. The van der Waals surface area contributed by atoms with Crippen LogP contribution in [-0.4, -0.2) is 60.5 Å². The van der Waals surface area contributed by atoms with Gasteiger partial charge in [-0.15, -0.1) is 0 Å². The van der Waals surface area contributed by atoms with Crippen LogP contribution < -0.4 is 5.73 Å². The minimum absolute atomic E-state index is 0.00642. The molecule has 49 heavy (non-hydrogen) atoms. The molecule has 3 atom stereocenters. The standard InChI is InChI=1S/C38H70NO9P/c1-3-5-7-9-11-13-15-17-18-19-21-23-25-27-29-31-45-32-35(33-46-49(43,44)47-34-36(39)38(41)42)48-37(40)30-28-26-24-22-20-16-14-12-10-8-6-4-2/h9,11-12,14-15,17,35-36H,3-8,10,13,16,18-34,39H2,1-2H3,(H,41,42)(H,43,44)/b11-9-,14-12-,17-15-. The molecule has 4 N–H and O–H groups in total. The minimum atomic E-state index is -4.61. The second kappa shape index (κ2) is 34.6. The summed E-state index contributed by atoms with van der Waals surface area (Å²) < 4.78 is 33.2. The molecule has 0 aromatic rings. The van der Waals surface area contributed by atoms with E-state index in [9.17, 15) is 19.0 Å². The van der Waals surface area contributed by atoms with Crippen molar-refractivity contribution >= 4 is 19.8 Å². The van der Waals surface area contributed by atoms with Crippen LogP contribution in [0.3, 0.4) is 0 Å².